The van der Waals surface area contributed by atoms with Crippen molar-refractivity contribution in [2.45, 2.75) is 38.7 Å². The van der Waals surface area contributed by atoms with Gasteiger partial charge in [0, 0.05) is 32.1 Å². The molecule has 1 aromatic rings. The highest BCUT2D eigenvalue weighted by atomic mass is 16.6. The van der Waals surface area contributed by atoms with Crippen molar-refractivity contribution < 1.29 is 9.53 Å². The number of carbonyl (C=O) groups is 1. The highest BCUT2D eigenvalue weighted by Crippen LogP contribution is 2.27. The second-order valence-corrected chi connectivity index (χ2v) is 6.16. The van der Waals surface area contributed by atoms with Gasteiger partial charge in [0.05, 0.1) is 6.20 Å². The summed E-state index contributed by atoms with van der Waals surface area (Å²) in [6.07, 6.45) is 2.23. The van der Waals surface area contributed by atoms with Crippen LogP contribution < -0.4 is 5.56 Å². The standard InChI is InChI=1S/C14H21N3O3/c1-14(2,3)20-13(19)17-6-5-10(9-17)11-7-12(18)16(4)15-8-11/h7-8,10H,5-6,9H2,1-4H3. The Morgan fingerprint density at radius 2 is 2.15 bits per heavy atom. The summed E-state index contributed by atoms with van der Waals surface area (Å²) in [5.41, 5.74) is 0.275. The first-order chi connectivity index (χ1) is 9.26. The van der Waals surface area contributed by atoms with E-state index in [0.29, 0.717) is 13.1 Å². The van der Waals surface area contributed by atoms with Crippen LogP contribution in [0.25, 0.3) is 0 Å². The van der Waals surface area contributed by atoms with Gasteiger partial charge in [-0.25, -0.2) is 9.48 Å². The summed E-state index contributed by atoms with van der Waals surface area (Å²) >= 11 is 0. The summed E-state index contributed by atoms with van der Waals surface area (Å²) in [5.74, 6) is 0.156. The normalized spacial score (nSPS) is 19.2. The fraction of sp³-hybridized carbons (Fsp3) is 0.643. The van der Waals surface area contributed by atoms with Gasteiger partial charge in [0.1, 0.15) is 5.60 Å². The number of aryl methyl sites for hydroxylation is 1. The number of hydrogen-bond donors (Lipinski definition) is 0. The molecule has 2 rings (SSSR count). The molecule has 2 heterocycles. The molecule has 1 atom stereocenters. The van der Waals surface area contributed by atoms with Gasteiger partial charge < -0.3 is 9.64 Å². The Bertz CT molecular complexity index is 560. The van der Waals surface area contributed by atoms with E-state index in [-0.39, 0.29) is 17.6 Å². The van der Waals surface area contributed by atoms with Crippen LogP contribution in [0.15, 0.2) is 17.1 Å². The quantitative estimate of drug-likeness (QED) is 0.781. The zero-order valence-corrected chi connectivity index (χ0v) is 12.4. The minimum Gasteiger partial charge on any atom is -0.444 e. The van der Waals surface area contributed by atoms with Gasteiger partial charge >= 0.3 is 6.09 Å². The molecule has 1 aliphatic rings. The fourth-order valence-electron chi connectivity index (χ4n) is 2.23. The molecule has 1 unspecified atom stereocenters. The lowest BCUT2D eigenvalue weighted by Crippen LogP contribution is -2.35. The number of amides is 1. The van der Waals surface area contributed by atoms with Crippen molar-refractivity contribution in [3.05, 3.63) is 28.2 Å². The van der Waals surface area contributed by atoms with E-state index in [4.69, 9.17) is 4.74 Å². The molecule has 0 aliphatic carbocycles. The molecule has 20 heavy (non-hydrogen) atoms. The smallest absolute Gasteiger partial charge is 0.410 e. The van der Waals surface area contributed by atoms with Crippen LogP contribution in [0.3, 0.4) is 0 Å². The topological polar surface area (TPSA) is 64.4 Å². The van der Waals surface area contributed by atoms with Gasteiger partial charge in [-0.2, -0.15) is 5.10 Å². The summed E-state index contributed by atoms with van der Waals surface area (Å²) < 4.78 is 6.65. The summed E-state index contributed by atoms with van der Waals surface area (Å²) in [5, 5.41) is 4.02. The average molecular weight is 279 g/mol. The molecule has 0 N–H and O–H groups in total. The highest BCUT2D eigenvalue weighted by molar-refractivity contribution is 5.68. The number of hydrogen-bond acceptors (Lipinski definition) is 4. The zero-order chi connectivity index (χ0) is 14.9. The summed E-state index contributed by atoms with van der Waals surface area (Å²) in [6, 6.07) is 1.59. The van der Waals surface area contributed by atoms with Crippen LogP contribution in [0.2, 0.25) is 0 Å². The average Bonchev–Trinajstić information content (AvgIpc) is 2.80. The molecule has 0 aromatic carbocycles. The Kier molecular flexibility index (Phi) is 3.83. The largest absolute Gasteiger partial charge is 0.444 e. The van der Waals surface area contributed by atoms with E-state index in [0.717, 1.165) is 12.0 Å². The number of aromatic nitrogens is 2. The Labute approximate surface area is 118 Å². The van der Waals surface area contributed by atoms with Crippen molar-refractivity contribution >= 4 is 6.09 Å². The number of ether oxygens (including phenoxy) is 1. The third kappa shape index (κ3) is 3.37. The highest BCUT2D eigenvalue weighted by Gasteiger charge is 2.30. The van der Waals surface area contributed by atoms with Crippen molar-refractivity contribution in [3.8, 4) is 0 Å². The number of nitrogens with zero attached hydrogens (tertiary/aromatic N) is 3. The molecule has 1 amide bonds. The maximum atomic E-state index is 12.0. The lowest BCUT2D eigenvalue weighted by Gasteiger charge is -2.24. The van der Waals surface area contributed by atoms with Gasteiger partial charge in [0.25, 0.3) is 5.56 Å². The van der Waals surface area contributed by atoms with Gasteiger partial charge in [-0.05, 0) is 32.8 Å². The van der Waals surface area contributed by atoms with E-state index in [1.54, 1.807) is 24.2 Å². The Balaban J connectivity index is 2.03. The first-order valence-electron chi connectivity index (χ1n) is 6.77. The predicted molar refractivity (Wildman–Crippen MR) is 74.6 cm³/mol. The van der Waals surface area contributed by atoms with Crippen molar-refractivity contribution in [1.82, 2.24) is 14.7 Å². The molecule has 6 heteroatoms. The molecule has 1 fully saturated rings. The summed E-state index contributed by atoms with van der Waals surface area (Å²) in [4.78, 5) is 25.3. The van der Waals surface area contributed by atoms with Crippen molar-refractivity contribution in [2.24, 2.45) is 7.05 Å². The third-order valence-corrected chi connectivity index (χ3v) is 3.30. The van der Waals surface area contributed by atoms with E-state index in [1.807, 2.05) is 20.8 Å². The minimum absolute atomic E-state index is 0.127. The van der Waals surface area contributed by atoms with E-state index in [2.05, 4.69) is 5.10 Å². The first-order valence-corrected chi connectivity index (χ1v) is 6.77. The summed E-state index contributed by atoms with van der Waals surface area (Å²) in [7, 11) is 1.62. The Morgan fingerprint density at radius 3 is 2.75 bits per heavy atom. The molecular formula is C14H21N3O3. The molecule has 1 saturated heterocycles. The van der Waals surface area contributed by atoms with E-state index in [1.165, 1.54) is 4.68 Å². The molecule has 1 aromatic heterocycles. The summed E-state index contributed by atoms with van der Waals surface area (Å²) in [6.45, 7) is 6.77. The van der Waals surface area contributed by atoms with Crippen molar-refractivity contribution in [1.29, 1.82) is 0 Å². The number of rotatable bonds is 1. The zero-order valence-electron chi connectivity index (χ0n) is 12.4. The van der Waals surface area contributed by atoms with Crippen LogP contribution in [0.5, 0.6) is 0 Å². The first kappa shape index (κ1) is 14.6. The number of carbonyl (C=O) groups excluding carboxylic acids is 1. The maximum Gasteiger partial charge on any atom is 0.410 e. The van der Waals surface area contributed by atoms with Crippen LogP contribution in [-0.2, 0) is 11.8 Å². The minimum atomic E-state index is -0.487. The van der Waals surface area contributed by atoms with E-state index < -0.39 is 5.60 Å². The van der Waals surface area contributed by atoms with E-state index >= 15 is 0 Å². The van der Waals surface area contributed by atoms with Crippen molar-refractivity contribution in [2.75, 3.05) is 13.1 Å². The lowest BCUT2D eigenvalue weighted by molar-refractivity contribution is 0.0292. The number of likely N-dealkylation sites (tertiary alicyclic amines) is 1. The molecule has 1 aliphatic heterocycles. The molecule has 0 radical (unpaired) electrons. The SMILES string of the molecule is Cn1ncc(C2CCN(C(=O)OC(C)(C)C)C2)cc1=O. The Hall–Kier alpha value is -1.85. The predicted octanol–water partition coefficient (Wildman–Crippen LogP) is 1.50. The van der Waals surface area contributed by atoms with Crippen LogP contribution in [0, 0.1) is 0 Å². The van der Waals surface area contributed by atoms with Crippen LogP contribution in [0.1, 0.15) is 38.7 Å². The molecule has 110 valence electrons. The monoisotopic (exact) mass is 279 g/mol. The van der Waals surface area contributed by atoms with E-state index in [9.17, 15) is 9.59 Å². The maximum absolute atomic E-state index is 12.0. The van der Waals surface area contributed by atoms with Crippen LogP contribution >= 0.6 is 0 Å². The molecule has 0 bridgehead atoms. The van der Waals surface area contributed by atoms with Crippen LogP contribution in [-0.4, -0.2) is 39.5 Å². The van der Waals surface area contributed by atoms with Gasteiger partial charge in [-0.1, -0.05) is 0 Å². The molecule has 6 nitrogen and oxygen atoms in total. The van der Waals surface area contributed by atoms with Gasteiger partial charge in [-0.3, -0.25) is 4.79 Å². The van der Waals surface area contributed by atoms with Crippen LogP contribution in [0.4, 0.5) is 4.79 Å². The molecule has 0 saturated carbocycles. The van der Waals surface area contributed by atoms with Gasteiger partial charge in [0.15, 0.2) is 0 Å². The fourth-order valence-corrected chi connectivity index (χ4v) is 2.23. The van der Waals surface area contributed by atoms with Gasteiger partial charge in [0.2, 0.25) is 0 Å². The van der Waals surface area contributed by atoms with Crippen molar-refractivity contribution in [3.63, 3.8) is 0 Å². The third-order valence-electron chi connectivity index (χ3n) is 3.30. The second-order valence-electron chi connectivity index (χ2n) is 6.16. The Morgan fingerprint density at radius 1 is 1.45 bits per heavy atom. The molecular weight excluding hydrogens is 258 g/mol. The van der Waals surface area contributed by atoms with Gasteiger partial charge in [-0.15, -0.1) is 0 Å². The second kappa shape index (κ2) is 5.26. The lowest BCUT2D eigenvalue weighted by atomic mass is 10.0. The molecule has 0 spiro atoms.